The highest BCUT2D eigenvalue weighted by Gasteiger charge is 2.21. The number of ketones is 1. The third-order valence-corrected chi connectivity index (χ3v) is 5.98. The first-order valence-electron chi connectivity index (χ1n) is 10.9. The molecule has 1 fully saturated rings. The maximum Gasteiger partial charge on any atom is 0.195 e. The van der Waals surface area contributed by atoms with E-state index in [4.69, 9.17) is 9.47 Å². The third-order valence-electron chi connectivity index (χ3n) is 5.98. The number of hydrogen-bond donors (Lipinski definition) is 1. The molecule has 2 heterocycles. The van der Waals surface area contributed by atoms with Crippen molar-refractivity contribution in [1.82, 2.24) is 9.47 Å². The molecule has 1 aliphatic heterocycles. The molecular formula is C25H31N3O3. The van der Waals surface area contributed by atoms with Gasteiger partial charge < -0.3 is 19.4 Å². The van der Waals surface area contributed by atoms with E-state index in [1.54, 1.807) is 7.11 Å². The Morgan fingerprint density at radius 1 is 1.06 bits per heavy atom. The minimum Gasteiger partial charge on any atom is -0.383 e. The predicted octanol–water partition coefficient (Wildman–Crippen LogP) is 3.57. The molecule has 0 saturated carbocycles. The lowest BCUT2D eigenvalue weighted by molar-refractivity contribution is 0.0365. The zero-order valence-corrected chi connectivity index (χ0v) is 18.4. The van der Waals surface area contributed by atoms with Crippen LogP contribution in [-0.4, -0.2) is 68.4 Å². The number of carbonyl (C=O) groups excluding carboxylic acids is 1. The number of nitrogens with zero attached hydrogens (tertiary/aromatic N) is 2. The third kappa shape index (κ3) is 4.82. The van der Waals surface area contributed by atoms with Crippen LogP contribution in [0.3, 0.4) is 0 Å². The first-order valence-corrected chi connectivity index (χ1v) is 10.9. The first kappa shape index (κ1) is 21.6. The molecule has 1 aromatic heterocycles. The van der Waals surface area contributed by atoms with Gasteiger partial charge in [0.25, 0.3) is 0 Å². The lowest BCUT2D eigenvalue weighted by atomic mass is 10.0. The molecule has 0 bridgehead atoms. The highest BCUT2D eigenvalue weighted by molar-refractivity contribution is 6.17. The number of hydrogen-bond acceptors (Lipinski definition) is 5. The SMILES string of the molecule is COCCNc1ccc(C(=O)c2c(C)n(CCN3CCOCC3)c3ccccc23)cc1. The quantitative estimate of drug-likeness (QED) is 0.423. The maximum atomic E-state index is 13.5. The highest BCUT2D eigenvalue weighted by Crippen LogP contribution is 2.28. The van der Waals surface area contributed by atoms with Crippen LogP contribution in [0.2, 0.25) is 0 Å². The van der Waals surface area contributed by atoms with Gasteiger partial charge in [-0.05, 0) is 37.3 Å². The Morgan fingerprint density at radius 3 is 2.55 bits per heavy atom. The number of methoxy groups -OCH3 is 1. The molecule has 3 aromatic rings. The number of aromatic nitrogens is 1. The lowest BCUT2D eigenvalue weighted by Crippen LogP contribution is -2.38. The van der Waals surface area contributed by atoms with Gasteiger partial charge in [-0.25, -0.2) is 0 Å². The van der Waals surface area contributed by atoms with E-state index in [0.29, 0.717) is 12.2 Å². The van der Waals surface area contributed by atoms with Crippen LogP contribution in [0.4, 0.5) is 5.69 Å². The average Bonchev–Trinajstić information content (AvgIpc) is 3.09. The zero-order chi connectivity index (χ0) is 21.6. The smallest absolute Gasteiger partial charge is 0.195 e. The summed E-state index contributed by atoms with van der Waals surface area (Å²) in [6.45, 7) is 8.79. The van der Waals surface area contributed by atoms with E-state index in [-0.39, 0.29) is 5.78 Å². The Kier molecular flexibility index (Phi) is 7.02. The molecule has 0 aliphatic carbocycles. The van der Waals surface area contributed by atoms with Crippen molar-refractivity contribution < 1.29 is 14.3 Å². The van der Waals surface area contributed by atoms with Crippen molar-refractivity contribution in [3.05, 3.63) is 65.4 Å². The Labute approximate surface area is 183 Å². The normalized spacial score (nSPS) is 14.8. The fourth-order valence-corrected chi connectivity index (χ4v) is 4.25. The summed E-state index contributed by atoms with van der Waals surface area (Å²) >= 11 is 0. The molecule has 0 amide bonds. The van der Waals surface area contributed by atoms with Crippen molar-refractivity contribution >= 4 is 22.4 Å². The van der Waals surface area contributed by atoms with Crippen LogP contribution in [0.25, 0.3) is 10.9 Å². The summed E-state index contributed by atoms with van der Waals surface area (Å²) < 4.78 is 12.8. The zero-order valence-electron chi connectivity index (χ0n) is 18.4. The van der Waals surface area contributed by atoms with Gasteiger partial charge in [-0.15, -0.1) is 0 Å². The Balaban J connectivity index is 1.58. The Bertz CT molecular complexity index is 1020. The summed E-state index contributed by atoms with van der Waals surface area (Å²) in [5.74, 6) is 0.0715. The van der Waals surface area contributed by atoms with E-state index >= 15 is 0 Å². The summed E-state index contributed by atoms with van der Waals surface area (Å²) in [7, 11) is 1.68. The second-order valence-corrected chi connectivity index (χ2v) is 7.91. The fraction of sp³-hybridized carbons (Fsp3) is 0.400. The number of anilines is 1. The second-order valence-electron chi connectivity index (χ2n) is 7.91. The van der Waals surface area contributed by atoms with E-state index in [9.17, 15) is 4.79 Å². The topological polar surface area (TPSA) is 55.7 Å². The molecule has 0 atom stereocenters. The molecule has 164 valence electrons. The molecule has 6 nitrogen and oxygen atoms in total. The largest absolute Gasteiger partial charge is 0.383 e. The van der Waals surface area contributed by atoms with Gasteiger partial charge in [0, 0.05) is 67.7 Å². The standard InChI is InChI=1S/C25H31N3O3/c1-19-24(25(29)20-7-9-21(10-8-20)26-11-16-30-2)22-5-3-4-6-23(22)28(19)13-12-27-14-17-31-18-15-27/h3-10,26H,11-18H2,1-2H3. The number of ether oxygens (including phenoxy) is 2. The van der Waals surface area contributed by atoms with Crippen molar-refractivity contribution in [2.45, 2.75) is 13.5 Å². The summed E-state index contributed by atoms with van der Waals surface area (Å²) in [5, 5.41) is 4.31. The van der Waals surface area contributed by atoms with E-state index in [1.165, 1.54) is 0 Å². The highest BCUT2D eigenvalue weighted by atomic mass is 16.5. The molecule has 0 spiro atoms. The monoisotopic (exact) mass is 421 g/mol. The van der Waals surface area contributed by atoms with Crippen LogP contribution in [-0.2, 0) is 16.0 Å². The van der Waals surface area contributed by atoms with Crippen molar-refractivity contribution in [2.24, 2.45) is 0 Å². The average molecular weight is 422 g/mol. The molecule has 1 N–H and O–H groups in total. The van der Waals surface area contributed by atoms with E-state index < -0.39 is 0 Å². The molecule has 1 saturated heterocycles. The van der Waals surface area contributed by atoms with Crippen molar-refractivity contribution in [3.8, 4) is 0 Å². The minimum atomic E-state index is 0.0715. The molecule has 6 heteroatoms. The number of carbonyl (C=O) groups is 1. The second kappa shape index (κ2) is 10.1. The van der Waals surface area contributed by atoms with E-state index in [2.05, 4.69) is 33.8 Å². The maximum absolute atomic E-state index is 13.5. The van der Waals surface area contributed by atoms with Gasteiger partial charge in [0.2, 0.25) is 0 Å². The van der Waals surface area contributed by atoms with Gasteiger partial charge in [0.05, 0.1) is 25.4 Å². The molecule has 4 rings (SSSR count). The molecule has 0 radical (unpaired) electrons. The van der Waals surface area contributed by atoms with Crippen LogP contribution in [0, 0.1) is 6.92 Å². The van der Waals surface area contributed by atoms with Gasteiger partial charge in [-0.3, -0.25) is 9.69 Å². The van der Waals surface area contributed by atoms with Crippen molar-refractivity contribution in [2.75, 3.05) is 58.4 Å². The Hall–Kier alpha value is -2.67. The Morgan fingerprint density at radius 2 is 1.81 bits per heavy atom. The molecule has 0 unspecified atom stereocenters. The van der Waals surface area contributed by atoms with Crippen LogP contribution < -0.4 is 5.32 Å². The van der Waals surface area contributed by atoms with Crippen molar-refractivity contribution in [3.63, 3.8) is 0 Å². The van der Waals surface area contributed by atoms with Crippen LogP contribution >= 0.6 is 0 Å². The fourth-order valence-electron chi connectivity index (χ4n) is 4.25. The van der Waals surface area contributed by atoms with Gasteiger partial charge in [-0.1, -0.05) is 18.2 Å². The minimum absolute atomic E-state index is 0.0715. The summed E-state index contributed by atoms with van der Waals surface area (Å²) in [5.41, 5.74) is 4.64. The first-order chi connectivity index (χ1) is 15.2. The lowest BCUT2D eigenvalue weighted by Gasteiger charge is -2.27. The number of nitrogens with one attached hydrogen (secondary N) is 1. The predicted molar refractivity (Wildman–Crippen MR) is 124 cm³/mol. The van der Waals surface area contributed by atoms with Crippen molar-refractivity contribution in [1.29, 1.82) is 0 Å². The van der Waals surface area contributed by atoms with Crippen LogP contribution in [0.5, 0.6) is 0 Å². The number of rotatable bonds is 9. The molecule has 2 aromatic carbocycles. The summed E-state index contributed by atoms with van der Waals surface area (Å²) in [6.07, 6.45) is 0. The number of benzene rings is 2. The molecular weight excluding hydrogens is 390 g/mol. The summed E-state index contributed by atoms with van der Waals surface area (Å²) in [4.78, 5) is 15.9. The molecule has 1 aliphatic rings. The van der Waals surface area contributed by atoms with E-state index in [1.807, 2.05) is 36.4 Å². The number of fused-ring (bicyclic) bond motifs is 1. The van der Waals surface area contributed by atoms with Gasteiger partial charge in [0.1, 0.15) is 0 Å². The van der Waals surface area contributed by atoms with Gasteiger partial charge in [-0.2, -0.15) is 0 Å². The summed E-state index contributed by atoms with van der Waals surface area (Å²) in [6, 6.07) is 15.9. The number of para-hydroxylation sites is 1. The van der Waals surface area contributed by atoms with Gasteiger partial charge in [0.15, 0.2) is 5.78 Å². The van der Waals surface area contributed by atoms with Crippen LogP contribution in [0.1, 0.15) is 21.6 Å². The van der Waals surface area contributed by atoms with Gasteiger partial charge >= 0.3 is 0 Å². The van der Waals surface area contributed by atoms with Crippen LogP contribution in [0.15, 0.2) is 48.5 Å². The number of morpholine rings is 1. The van der Waals surface area contributed by atoms with E-state index in [0.717, 1.165) is 73.8 Å². The molecule has 31 heavy (non-hydrogen) atoms.